The maximum Gasteiger partial charge on any atom is 0.295 e. The van der Waals surface area contributed by atoms with Gasteiger partial charge in [0.05, 0.1) is 11.0 Å². The van der Waals surface area contributed by atoms with Crippen molar-refractivity contribution >= 4 is 11.4 Å². The van der Waals surface area contributed by atoms with Gasteiger partial charge in [-0.3, -0.25) is 10.1 Å². The first-order chi connectivity index (χ1) is 8.99. The van der Waals surface area contributed by atoms with Gasteiger partial charge < -0.3 is 4.90 Å². The number of halogens is 1. The van der Waals surface area contributed by atoms with Gasteiger partial charge in [-0.25, -0.2) is 4.39 Å². The van der Waals surface area contributed by atoms with Crippen LogP contribution in [0.1, 0.15) is 0 Å². The SMILES string of the molecule is C=C/C=C(\C=C)CN(C)c1ccc(F)cc1[N+](=O)[O-]. The molecule has 0 spiro atoms. The van der Waals surface area contributed by atoms with Gasteiger partial charge in [0, 0.05) is 13.6 Å². The molecule has 0 heterocycles. The maximum atomic E-state index is 13.1. The molecule has 0 bridgehead atoms. The molecule has 0 radical (unpaired) electrons. The Hall–Kier alpha value is -2.43. The Labute approximate surface area is 111 Å². The normalized spacial score (nSPS) is 10.9. The molecule has 4 nitrogen and oxygen atoms in total. The molecule has 1 aromatic carbocycles. The Morgan fingerprint density at radius 3 is 2.74 bits per heavy atom. The molecule has 0 atom stereocenters. The third kappa shape index (κ3) is 3.77. The first kappa shape index (κ1) is 14.6. The van der Waals surface area contributed by atoms with Crippen LogP contribution < -0.4 is 4.90 Å². The molecule has 0 fully saturated rings. The Morgan fingerprint density at radius 2 is 2.21 bits per heavy atom. The third-order valence-corrected chi connectivity index (χ3v) is 2.56. The number of nitro groups is 1. The second kappa shape index (κ2) is 6.49. The highest BCUT2D eigenvalue weighted by Crippen LogP contribution is 2.28. The summed E-state index contributed by atoms with van der Waals surface area (Å²) in [6.07, 6.45) is 5.02. The average Bonchev–Trinajstić information content (AvgIpc) is 2.37. The van der Waals surface area contributed by atoms with Crippen molar-refractivity contribution in [1.29, 1.82) is 0 Å². The summed E-state index contributed by atoms with van der Waals surface area (Å²) >= 11 is 0. The first-order valence-electron chi connectivity index (χ1n) is 5.58. The van der Waals surface area contributed by atoms with Crippen LogP contribution in [0.2, 0.25) is 0 Å². The number of rotatable bonds is 6. The summed E-state index contributed by atoms with van der Waals surface area (Å²) in [5.41, 5.74) is 0.948. The van der Waals surface area contributed by atoms with Crippen molar-refractivity contribution in [2.24, 2.45) is 0 Å². The van der Waals surface area contributed by atoms with E-state index in [1.165, 1.54) is 12.1 Å². The summed E-state index contributed by atoms with van der Waals surface area (Å²) in [4.78, 5) is 12.0. The fourth-order valence-corrected chi connectivity index (χ4v) is 1.66. The molecule has 0 N–H and O–H groups in total. The van der Waals surface area contributed by atoms with E-state index in [1.807, 2.05) is 0 Å². The smallest absolute Gasteiger partial charge is 0.295 e. The van der Waals surface area contributed by atoms with Gasteiger partial charge >= 0.3 is 0 Å². The molecule has 0 saturated heterocycles. The number of hydrogen-bond acceptors (Lipinski definition) is 3. The number of nitro benzene ring substituents is 1. The van der Waals surface area contributed by atoms with Crippen LogP contribution in [0.25, 0.3) is 0 Å². The van der Waals surface area contributed by atoms with Gasteiger partial charge in [0.25, 0.3) is 5.69 Å². The van der Waals surface area contributed by atoms with Crippen molar-refractivity contribution in [2.75, 3.05) is 18.5 Å². The summed E-state index contributed by atoms with van der Waals surface area (Å²) in [5, 5.41) is 10.9. The van der Waals surface area contributed by atoms with Crippen LogP contribution in [0.5, 0.6) is 0 Å². The zero-order chi connectivity index (χ0) is 14.4. The van der Waals surface area contributed by atoms with E-state index in [9.17, 15) is 14.5 Å². The molecule has 0 amide bonds. The maximum absolute atomic E-state index is 13.1. The van der Waals surface area contributed by atoms with Crippen molar-refractivity contribution in [3.63, 3.8) is 0 Å². The van der Waals surface area contributed by atoms with E-state index < -0.39 is 10.7 Å². The minimum Gasteiger partial charge on any atom is -0.365 e. The molecule has 5 heteroatoms. The van der Waals surface area contributed by atoms with Gasteiger partial charge in [0.1, 0.15) is 11.5 Å². The largest absolute Gasteiger partial charge is 0.365 e. The third-order valence-electron chi connectivity index (χ3n) is 2.56. The second-order valence-corrected chi connectivity index (χ2v) is 3.93. The van der Waals surface area contributed by atoms with Crippen molar-refractivity contribution in [2.45, 2.75) is 0 Å². The molecule has 0 unspecified atom stereocenters. The Balaban J connectivity index is 3.09. The standard InChI is InChI=1S/C14H15FN2O2/c1-4-6-11(5-2)10-16(3)13-8-7-12(15)9-14(13)17(18)19/h4-9H,1-2,10H2,3H3/b11-6+. The van der Waals surface area contributed by atoms with Crippen LogP contribution in [0.15, 0.2) is 55.2 Å². The summed E-state index contributed by atoms with van der Waals surface area (Å²) in [7, 11) is 1.70. The van der Waals surface area contributed by atoms with E-state index in [0.29, 0.717) is 12.2 Å². The second-order valence-electron chi connectivity index (χ2n) is 3.93. The monoisotopic (exact) mass is 262 g/mol. The summed E-state index contributed by atoms with van der Waals surface area (Å²) in [6.45, 7) is 7.67. The minimum absolute atomic E-state index is 0.260. The highest BCUT2D eigenvalue weighted by molar-refractivity contribution is 5.63. The molecule has 100 valence electrons. The molecule has 0 aliphatic rings. The van der Waals surface area contributed by atoms with Gasteiger partial charge in [0.2, 0.25) is 0 Å². The van der Waals surface area contributed by atoms with Crippen LogP contribution in [-0.2, 0) is 0 Å². The van der Waals surface area contributed by atoms with E-state index in [4.69, 9.17) is 0 Å². The number of hydrogen-bond donors (Lipinski definition) is 0. The van der Waals surface area contributed by atoms with Crippen LogP contribution >= 0.6 is 0 Å². The number of allylic oxidation sites excluding steroid dienone is 2. The summed E-state index contributed by atoms with van der Waals surface area (Å²) in [6, 6.07) is 3.50. The average molecular weight is 262 g/mol. The molecule has 0 saturated carbocycles. The van der Waals surface area contributed by atoms with Crippen molar-refractivity contribution in [3.8, 4) is 0 Å². The topological polar surface area (TPSA) is 46.4 Å². The Kier molecular flexibility index (Phi) is 5.00. The fraction of sp³-hybridized carbons (Fsp3) is 0.143. The van der Waals surface area contributed by atoms with E-state index in [2.05, 4.69) is 13.2 Å². The number of nitrogens with zero attached hydrogens (tertiary/aromatic N) is 2. The Morgan fingerprint density at radius 1 is 1.53 bits per heavy atom. The zero-order valence-corrected chi connectivity index (χ0v) is 10.7. The molecular formula is C14H15FN2O2. The lowest BCUT2D eigenvalue weighted by molar-refractivity contribution is -0.384. The van der Waals surface area contributed by atoms with Gasteiger partial charge in [-0.15, -0.1) is 0 Å². The zero-order valence-electron chi connectivity index (χ0n) is 10.7. The molecule has 1 aromatic rings. The number of benzene rings is 1. The highest BCUT2D eigenvalue weighted by atomic mass is 19.1. The van der Waals surface area contributed by atoms with Crippen molar-refractivity contribution in [3.05, 3.63) is 71.1 Å². The number of anilines is 1. The lowest BCUT2D eigenvalue weighted by Gasteiger charge is -2.19. The quantitative estimate of drug-likeness (QED) is 0.448. The predicted molar refractivity (Wildman–Crippen MR) is 74.8 cm³/mol. The highest BCUT2D eigenvalue weighted by Gasteiger charge is 2.18. The minimum atomic E-state index is -0.630. The van der Waals surface area contributed by atoms with Crippen LogP contribution in [0.3, 0.4) is 0 Å². The van der Waals surface area contributed by atoms with Crippen molar-refractivity contribution < 1.29 is 9.31 Å². The van der Waals surface area contributed by atoms with Crippen LogP contribution in [0, 0.1) is 15.9 Å². The van der Waals surface area contributed by atoms with Crippen molar-refractivity contribution in [1.82, 2.24) is 0 Å². The molecule has 0 aliphatic heterocycles. The lowest BCUT2D eigenvalue weighted by atomic mass is 10.2. The molecule has 0 aliphatic carbocycles. The molecule has 1 rings (SSSR count). The van der Waals surface area contributed by atoms with E-state index in [0.717, 1.165) is 11.6 Å². The van der Waals surface area contributed by atoms with E-state index in [1.54, 1.807) is 30.2 Å². The van der Waals surface area contributed by atoms with Crippen LogP contribution in [0.4, 0.5) is 15.8 Å². The molecule has 19 heavy (non-hydrogen) atoms. The van der Waals surface area contributed by atoms with Gasteiger partial charge in [-0.2, -0.15) is 0 Å². The molecule has 0 aromatic heterocycles. The van der Waals surface area contributed by atoms with Gasteiger partial charge in [-0.05, 0) is 17.7 Å². The predicted octanol–water partition coefficient (Wildman–Crippen LogP) is 3.47. The first-order valence-corrected chi connectivity index (χ1v) is 5.58. The summed E-state index contributed by atoms with van der Waals surface area (Å²) in [5.74, 6) is -0.630. The molecular weight excluding hydrogens is 247 g/mol. The van der Waals surface area contributed by atoms with Gasteiger partial charge in [-0.1, -0.05) is 31.4 Å². The fourth-order valence-electron chi connectivity index (χ4n) is 1.66. The Bertz CT molecular complexity index is 538. The van der Waals surface area contributed by atoms with E-state index >= 15 is 0 Å². The van der Waals surface area contributed by atoms with Crippen LogP contribution in [-0.4, -0.2) is 18.5 Å². The van der Waals surface area contributed by atoms with E-state index in [-0.39, 0.29) is 5.69 Å². The number of likely N-dealkylation sites (N-methyl/N-ethyl adjacent to an activating group) is 1. The summed E-state index contributed by atoms with van der Waals surface area (Å²) < 4.78 is 13.1. The lowest BCUT2D eigenvalue weighted by Crippen LogP contribution is -2.20. The van der Waals surface area contributed by atoms with Gasteiger partial charge in [0.15, 0.2) is 0 Å².